The second-order valence-corrected chi connectivity index (χ2v) is 4.61. The molecule has 0 aliphatic rings. The van der Waals surface area contributed by atoms with E-state index in [1.54, 1.807) is 10.7 Å². The molecule has 2 aromatic heterocycles. The van der Waals surface area contributed by atoms with Crippen LogP contribution in [0.4, 0.5) is 5.69 Å². The Morgan fingerprint density at radius 2 is 2.06 bits per heavy atom. The summed E-state index contributed by atoms with van der Waals surface area (Å²) in [6.07, 6.45) is 3.55. The van der Waals surface area contributed by atoms with Crippen molar-refractivity contribution in [3.05, 3.63) is 30.1 Å². The Hall–Kier alpha value is -2.06. The van der Waals surface area contributed by atoms with E-state index < -0.39 is 0 Å². The number of likely N-dealkylation sites (N-methyl/N-ethyl adjacent to an activating group) is 2. The zero-order chi connectivity index (χ0) is 13.1. The Kier molecular flexibility index (Phi) is 3.49. The number of aromatic nitrogens is 2. The fourth-order valence-electron chi connectivity index (χ4n) is 1.76. The predicted octanol–water partition coefficient (Wildman–Crippen LogP) is 1.20. The third-order valence-electron chi connectivity index (χ3n) is 2.94. The van der Waals surface area contributed by atoms with Gasteiger partial charge in [-0.05, 0) is 26.2 Å². The average molecular weight is 243 g/mol. The number of nitrogens with zero attached hydrogens (tertiary/aromatic N) is 5. The number of hydrogen-bond acceptors (Lipinski definition) is 4. The summed E-state index contributed by atoms with van der Waals surface area (Å²) in [5, 5.41) is 13.1. The van der Waals surface area contributed by atoms with Gasteiger partial charge >= 0.3 is 0 Å². The minimum atomic E-state index is 0.609. The van der Waals surface area contributed by atoms with Gasteiger partial charge in [0.25, 0.3) is 0 Å². The number of nitriles is 1. The van der Waals surface area contributed by atoms with Gasteiger partial charge in [0.2, 0.25) is 0 Å². The highest BCUT2D eigenvalue weighted by Crippen LogP contribution is 2.16. The lowest BCUT2D eigenvalue weighted by molar-refractivity contribution is 0.416. The van der Waals surface area contributed by atoms with Crippen molar-refractivity contribution in [1.29, 1.82) is 5.26 Å². The van der Waals surface area contributed by atoms with Crippen LogP contribution in [-0.4, -0.2) is 48.7 Å². The van der Waals surface area contributed by atoms with Gasteiger partial charge in [0.1, 0.15) is 6.07 Å². The molecule has 5 nitrogen and oxygen atoms in total. The molecule has 94 valence electrons. The zero-order valence-electron chi connectivity index (χ0n) is 11.0. The van der Waals surface area contributed by atoms with Crippen LogP contribution in [0.2, 0.25) is 0 Å². The maximum absolute atomic E-state index is 8.93. The quantitative estimate of drug-likeness (QED) is 0.809. The monoisotopic (exact) mass is 243 g/mol. The first-order valence-corrected chi connectivity index (χ1v) is 5.85. The van der Waals surface area contributed by atoms with E-state index in [0.717, 1.165) is 24.3 Å². The van der Waals surface area contributed by atoms with Crippen molar-refractivity contribution in [3.63, 3.8) is 0 Å². The molecule has 0 spiro atoms. The Morgan fingerprint density at radius 3 is 2.72 bits per heavy atom. The predicted molar refractivity (Wildman–Crippen MR) is 71.7 cm³/mol. The number of pyridine rings is 1. The molecule has 0 aliphatic heterocycles. The molecule has 0 bridgehead atoms. The van der Waals surface area contributed by atoms with E-state index in [-0.39, 0.29) is 0 Å². The summed E-state index contributed by atoms with van der Waals surface area (Å²) in [7, 11) is 6.17. The highest BCUT2D eigenvalue weighted by atomic mass is 15.2. The zero-order valence-corrected chi connectivity index (χ0v) is 11.0. The molecule has 0 aromatic carbocycles. The molecule has 0 saturated carbocycles. The molecule has 0 unspecified atom stereocenters. The Morgan fingerprint density at radius 1 is 1.28 bits per heavy atom. The maximum Gasteiger partial charge on any atom is 0.103 e. The number of hydrogen-bond donors (Lipinski definition) is 0. The maximum atomic E-state index is 8.93. The van der Waals surface area contributed by atoms with E-state index in [1.165, 1.54) is 0 Å². The van der Waals surface area contributed by atoms with Crippen LogP contribution < -0.4 is 4.90 Å². The number of fused-ring (bicyclic) bond motifs is 1. The fraction of sp³-hybridized carbons (Fsp3) is 0.385. The summed E-state index contributed by atoms with van der Waals surface area (Å²) in [6.45, 7) is 1.95. The summed E-state index contributed by atoms with van der Waals surface area (Å²) in [5.41, 5.74) is 2.55. The van der Waals surface area contributed by atoms with Gasteiger partial charge in [-0.25, -0.2) is 4.52 Å². The molecule has 0 fully saturated rings. The van der Waals surface area contributed by atoms with E-state index in [2.05, 4.69) is 42.1 Å². The van der Waals surface area contributed by atoms with Crippen LogP contribution in [0, 0.1) is 11.3 Å². The molecule has 0 amide bonds. The largest absolute Gasteiger partial charge is 0.372 e. The van der Waals surface area contributed by atoms with Gasteiger partial charge < -0.3 is 9.80 Å². The number of anilines is 1. The molecular weight excluding hydrogens is 226 g/mol. The Labute approximate surface area is 107 Å². The van der Waals surface area contributed by atoms with E-state index >= 15 is 0 Å². The molecular formula is C13H17N5. The third kappa shape index (κ3) is 2.44. The average Bonchev–Trinajstić information content (AvgIpc) is 2.77. The lowest BCUT2D eigenvalue weighted by atomic mass is 10.2. The van der Waals surface area contributed by atoms with Crippen LogP contribution in [0.25, 0.3) is 5.52 Å². The summed E-state index contributed by atoms with van der Waals surface area (Å²) < 4.78 is 1.75. The van der Waals surface area contributed by atoms with Crippen LogP contribution in [0.5, 0.6) is 0 Å². The van der Waals surface area contributed by atoms with Crippen LogP contribution in [0.3, 0.4) is 0 Å². The summed E-state index contributed by atoms with van der Waals surface area (Å²) >= 11 is 0. The molecule has 2 rings (SSSR count). The first-order chi connectivity index (χ1) is 8.61. The number of rotatable bonds is 4. The van der Waals surface area contributed by atoms with E-state index in [4.69, 9.17) is 5.26 Å². The molecule has 18 heavy (non-hydrogen) atoms. The Balaban J connectivity index is 2.22. The second-order valence-electron chi connectivity index (χ2n) is 4.61. The first-order valence-electron chi connectivity index (χ1n) is 5.85. The van der Waals surface area contributed by atoms with Crippen LogP contribution in [-0.2, 0) is 0 Å². The van der Waals surface area contributed by atoms with Crippen molar-refractivity contribution in [3.8, 4) is 6.07 Å². The van der Waals surface area contributed by atoms with E-state index in [1.807, 2.05) is 18.3 Å². The summed E-state index contributed by atoms with van der Waals surface area (Å²) in [6, 6.07) is 6.09. The minimum Gasteiger partial charge on any atom is -0.372 e. The van der Waals surface area contributed by atoms with Crippen molar-refractivity contribution in [2.24, 2.45) is 0 Å². The van der Waals surface area contributed by atoms with Crippen molar-refractivity contribution >= 4 is 11.2 Å². The summed E-state index contributed by atoms with van der Waals surface area (Å²) in [4.78, 5) is 4.32. The molecule has 0 radical (unpaired) electrons. The van der Waals surface area contributed by atoms with Crippen molar-refractivity contribution in [1.82, 2.24) is 14.5 Å². The fourth-order valence-corrected chi connectivity index (χ4v) is 1.76. The van der Waals surface area contributed by atoms with E-state index in [9.17, 15) is 0 Å². The smallest absolute Gasteiger partial charge is 0.103 e. The molecule has 2 heterocycles. The molecule has 2 aromatic rings. The lowest BCUT2D eigenvalue weighted by Gasteiger charge is -2.21. The van der Waals surface area contributed by atoms with Gasteiger partial charge in [-0.3, -0.25) is 0 Å². The lowest BCUT2D eigenvalue weighted by Crippen LogP contribution is -2.28. The van der Waals surface area contributed by atoms with Gasteiger partial charge in [-0.15, -0.1) is 0 Å². The van der Waals surface area contributed by atoms with Crippen molar-refractivity contribution in [2.75, 3.05) is 39.1 Å². The highest BCUT2D eigenvalue weighted by molar-refractivity contribution is 5.63. The Bertz CT molecular complexity index is 579. The topological polar surface area (TPSA) is 47.6 Å². The van der Waals surface area contributed by atoms with Gasteiger partial charge in [0.15, 0.2) is 0 Å². The van der Waals surface area contributed by atoms with Crippen molar-refractivity contribution in [2.45, 2.75) is 0 Å². The van der Waals surface area contributed by atoms with Gasteiger partial charge in [0, 0.05) is 20.1 Å². The molecule has 0 atom stereocenters. The molecule has 0 N–H and O–H groups in total. The first kappa shape index (κ1) is 12.4. The second kappa shape index (κ2) is 5.07. The molecule has 0 aliphatic carbocycles. The SMILES string of the molecule is CN(C)CCN(C)c1ccc2c(C#N)cnn2c1. The highest BCUT2D eigenvalue weighted by Gasteiger charge is 2.06. The van der Waals surface area contributed by atoms with Crippen LogP contribution in [0.15, 0.2) is 24.5 Å². The third-order valence-corrected chi connectivity index (χ3v) is 2.94. The van der Waals surface area contributed by atoms with Crippen molar-refractivity contribution < 1.29 is 0 Å². The van der Waals surface area contributed by atoms with Gasteiger partial charge in [0.05, 0.1) is 29.2 Å². The normalized spacial score (nSPS) is 10.8. The minimum absolute atomic E-state index is 0.609. The standard InChI is InChI=1S/C13H17N5/c1-16(2)6-7-17(3)12-4-5-13-11(8-14)9-15-18(13)10-12/h4-5,9-10H,6-7H2,1-3H3. The van der Waals surface area contributed by atoms with Gasteiger partial charge in [-0.2, -0.15) is 10.4 Å². The van der Waals surface area contributed by atoms with E-state index in [0.29, 0.717) is 5.56 Å². The summed E-state index contributed by atoms with van der Waals surface area (Å²) in [5.74, 6) is 0. The van der Waals surface area contributed by atoms with Crippen LogP contribution in [0.1, 0.15) is 5.56 Å². The molecule has 5 heteroatoms. The molecule has 0 saturated heterocycles. The van der Waals surface area contributed by atoms with Gasteiger partial charge in [-0.1, -0.05) is 0 Å². The van der Waals surface area contributed by atoms with Crippen LogP contribution >= 0.6 is 0 Å².